The summed E-state index contributed by atoms with van der Waals surface area (Å²) in [6.45, 7) is 4.64. The Balaban J connectivity index is 2.91. The number of nitrogens with two attached hydrogens (primary N) is 1. The van der Waals surface area contributed by atoms with E-state index in [1.54, 1.807) is 0 Å². The summed E-state index contributed by atoms with van der Waals surface area (Å²) in [4.78, 5) is 11.8. The van der Waals surface area contributed by atoms with Crippen LogP contribution in [0.3, 0.4) is 0 Å². The van der Waals surface area contributed by atoms with E-state index in [9.17, 15) is 18.5 Å². The van der Waals surface area contributed by atoms with Crippen LogP contribution in [0.4, 0.5) is 11.4 Å². The van der Waals surface area contributed by atoms with Gasteiger partial charge in [-0.25, -0.2) is 13.1 Å². The molecule has 0 fully saturated rings. The highest BCUT2D eigenvalue weighted by Gasteiger charge is 2.25. The molecule has 0 aromatic heterocycles. The van der Waals surface area contributed by atoms with Gasteiger partial charge in [0.2, 0.25) is 10.0 Å². The number of nitrogens with zero attached hydrogens (tertiary/aromatic N) is 2. The van der Waals surface area contributed by atoms with Crippen LogP contribution in [0.5, 0.6) is 0 Å². The maximum Gasteiger partial charge on any atom is 0.291 e. The molecule has 0 heterocycles. The Morgan fingerprint density at radius 3 is 2.57 bits per heavy atom. The van der Waals surface area contributed by atoms with Crippen LogP contribution < -0.4 is 10.5 Å². The van der Waals surface area contributed by atoms with Gasteiger partial charge in [0.1, 0.15) is 0 Å². The van der Waals surface area contributed by atoms with E-state index in [1.807, 2.05) is 25.8 Å². The van der Waals surface area contributed by atoms with Crippen LogP contribution in [-0.2, 0) is 10.0 Å². The number of nitro groups is 1. The van der Waals surface area contributed by atoms with Gasteiger partial charge >= 0.3 is 0 Å². The van der Waals surface area contributed by atoms with Crippen LogP contribution in [-0.4, -0.2) is 44.4 Å². The van der Waals surface area contributed by atoms with Crippen molar-refractivity contribution in [2.24, 2.45) is 0 Å². The molecule has 0 radical (unpaired) electrons. The second-order valence-electron chi connectivity index (χ2n) is 4.96. The Morgan fingerprint density at radius 2 is 2.05 bits per heavy atom. The standard InChI is InChI=1S/C12H20N4O4S/c1-9(2)15(3)7-6-14-21(19,20)12-5-4-10(13)8-11(12)16(17)18/h4-5,8-9,14H,6-7,13H2,1-3H3. The van der Waals surface area contributed by atoms with E-state index in [2.05, 4.69) is 4.72 Å². The summed E-state index contributed by atoms with van der Waals surface area (Å²) in [7, 11) is -2.08. The van der Waals surface area contributed by atoms with Gasteiger partial charge in [-0.3, -0.25) is 10.1 Å². The lowest BCUT2D eigenvalue weighted by Gasteiger charge is -2.20. The zero-order chi connectivity index (χ0) is 16.2. The fraction of sp³-hybridized carbons (Fsp3) is 0.500. The molecular weight excluding hydrogens is 296 g/mol. The third-order valence-corrected chi connectivity index (χ3v) is 4.62. The van der Waals surface area contributed by atoms with Crippen LogP contribution in [0.25, 0.3) is 0 Å². The first-order valence-corrected chi connectivity index (χ1v) is 7.87. The summed E-state index contributed by atoms with van der Waals surface area (Å²) in [5, 5.41) is 10.9. The molecule has 0 aliphatic carbocycles. The molecule has 0 atom stereocenters. The minimum Gasteiger partial charge on any atom is -0.399 e. The molecule has 0 saturated carbocycles. The maximum atomic E-state index is 12.1. The summed E-state index contributed by atoms with van der Waals surface area (Å²) in [5.74, 6) is 0. The van der Waals surface area contributed by atoms with Crippen LogP contribution in [0, 0.1) is 10.1 Å². The molecule has 1 aromatic carbocycles. The highest BCUT2D eigenvalue weighted by Crippen LogP contribution is 2.25. The Morgan fingerprint density at radius 1 is 1.43 bits per heavy atom. The predicted molar refractivity (Wildman–Crippen MR) is 80.5 cm³/mol. The highest BCUT2D eigenvalue weighted by atomic mass is 32.2. The second-order valence-corrected chi connectivity index (χ2v) is 6.69. The van der Waals surface area contributed by atoms with Gasteiger partial charge in [0, 0.05) is 30.9 Å². The number of nitrogen functional groups attached to an aromatic ring is 1. The van der Waals surface area contributed by atoms with E-state index in [4.69, 9.17) is 5.73 Å². The highest BCUT2D eigenvalue weighted by molar-refractivity contribution is 7.89. The summed E-state index contributed by atoms with van der Waals surface area (Å²) in [5.41, 5.74) is 5.07. The van der Waals surface area contributed by atoms with Crippen LogP contribution >= 0.6 is 0 Å². The first-order chi connectivity index (χ1) is 9.65. The Hall–Kier alpha value is -1.71. The molecule has 1 aromatic rings. The number of hydrogen-bond acceptors (Lipinski definition) is 6. The van der Waals surface area contributed by atoms with Crippen molar-refractivity contribution in [1.29, 1.82) is 0 Å². The number of rotatable bonds is 7. The van der Waals surface area contributed by atoms with Crippen LogP contribution in [0.15, 0.2) is 23.1 Å². The van der Waals surface area contributed by atoms with Crippen LogP contribution in [0.1, 0.15) is 13.8 Å². The van der Waals surface area contributed by atoms with E-state index in [0.717, 1.165) is 12.1 Å². The lowest BCUT2D eigenvalue weighted by molar-refractivity contribution is -0.387. The number of nitro benzene ring substituents is 1. The molecule has 0 amide bonds. The van der Waals surface area contributed by atoms with Crippen molar-refractivity contribution in [1.82, 2.24) is 9.62 Å². The molecule has 0 unspecified atom stereocenters. The van der Waals surface area contributed by atoms with Crippen molar-refractivity contribution in [2.75, 3.05) is 25.9 Å². The molecule has 1 rings (SSSR count). The summed E-state index contributed by atoms with van der Waals surface area (Å²) < 4.78 is 26.7. The summed E-state index contributed by atoms with van der Waals surface area (Å²) >= 11 is 0. The molecule has 0 aliphatic rings. The van der Waals surface area contributed by atoms with Crippen LogP contribution in [0.2, 0.25) is 0 Å². The van der Waals surface area contributed by atoms with Crippen molar-refractivity contribution in [3.8, 4) is 0 Å². The Bertz CT molecular complexity index is 616. The van der Waals surface area contributed by atoms with Gasteiger partial charge in [-0.2, -0.15) is 0 Å². The molecule has 0 aliphatic heterocycles. The third kappa shape index (κ3) is 4.66. The van der Waals surface area contributed by atoms with Gasteiger partial charge in [-0.15, -0.1) is 0 Å². The van der Waals surface area contributed by atoms with Crippen molar-refractivity contribution in [3.63, 3.8) is 0 Å². The van der Waals surface area contributed by atoms with E-state index in [-0.39, 0.29) is 23.2 Å². The van der Waals surface area contributed by atoms with Gasteiger partial charge in [0.25, 0.3) is 5.69 Å². The van der Waals surface area contributed by atoms with E-state index >= 15 is 0 Å². The van der Waals surface area contributed by atoms with Gasteiger partial charge < -0.3 is 10.6 Å². The van der Waals surface area contributed by atoms with Crippen molar-refractivity contribution in [2.45, 2.75) is 24.8 Å². The zero-order valence-corrected chi connectivity index (χ0v) is 13.1. The molecular formula is C12H20N4O4S. The number of benzene rings is 1. The quantitative estimate of drug-likeness (QED) is 0.436. The van der Waals surface area contributed by atoms with Crippen molar-refractivity contribution < 1.29 is 13.3 Å². The second kappa shape index (κ2) is 6.83. The topological polar surface area (TPSA) is 119 Å². The van der Waals surface area contributed by atoms with E-state index < -0.39 is 20.6 Å². The Labute approximate surface area is 124 Å². The van der Waals surface area contributed by atoms with Crippen molar-refractivity contribution in [3.05, 3.63) is 28.3 Å². The average molecular weight is 316 g/mol. The number of sulfonamides is 1. The lowest BCUT2D eigenvalue weighted by Crippen LogP contribution is -2.36. The summed E-state index contributed by atoms with van der Waals surface area (Å²) in [6.07, 6.45) is 0. The zero-order valence-electron chi connectivity index (χ0n) is 12.2. The number of likely N-dealkylation sites (N-methyl/N-ethyl adjacent to an activating group) is 1. The molecule has 0 saturated heterocycles. The molecule has 0 spiro atoms. The number of hydrogen-bond donors (Lipinski definition) is 2. The lowest BCUT2D eigenvalue weighted by atomic mass is 10.3. The maximum absolute atomic E-state index is 12.1. The Kier molecular flexibility index (Phi) is 5.64. The van der Waals surface area contributed by atoms with Crippen molar-refractivity contribution >= 4 is 21.4 Å². The predicted octanol–water partition coefficient (Wildman–Crippen LogP) is 0.796. The molecule has 8 nitrogen and oxygen atoms in total. The largest absolute Gasteiger partial charge is 0.399 e. The van der Waals surface area contributed by atoms with Gasteiger partial charge in [0.05, 0.1) is 4.92 Å². The molecule has 21 heavy (non-hydrogen) atoms. The van der Waals surface area contributed by atoms with Gasteiger partial charge in [-0.05, 0) is 33.0 Å². The summed E-state index contributed by atoms with van der Waals surface area (Å²) in [6, 6.07) is 3.78. The fourth-order valence-electron chi connectivity index (χ4n) is 1.60. The molecule has 0 bridgehead atoms. The average Bonchev–Trinajstić information content (AvgIpc) is 2.37. The smallest absolute Gasteiger partial charge is 0.291 e. The normalized spacial score (nSPS) is 12.0. The monoisotopic (exact) mass is 316 g/mol. The first kappa shape index (κ1) is 17.3. The van der Waals surface area contributed by atoms with Gasteiger partial charge in [0.15, 0.2) is 4.90 Å². The van der Waals surface area contributed by atoms with Gasteiger partial charge in [-0.1, -0.05) is 0 Å². The minimum atomic E-state index is -3.95. The molecule has 3 N–H and O–H groups in total. The molecule has 9 heteroatoms. The SMILES string of the molecule is CC(C)N(C)CCNS(=O)(=O)c1ccc(N)cc1[N+](=O)[O-]. The first-order valence-electron chi connectivity index (χ1n) is 6.39. The number of nitrogens with one attached hydrogen (secondary N) is 1. The number of anilines is 1. The third-order valence-electron chi connectivity index (χ3n) is 3.11. The minimum absolute atomic E-state index is 0.139. The van der Waals surface area contributed by atoms with E-state index in [1.165, 1.54) is 6.07 Å². The fourth-order valence-corrected chi connectivity index (χ4v) is 2.77. The molecule has 118 valence electrons. The van der Waals surface area contributed by atoms with E-state index in [0.29, 0.717) is 6.54 Å².